The van der Waals surface area contributed by atoms with Gasteiger partial charge in [0.25, 0.3) is 0 Å². The van der Waals surface area contributed by atoms with Gasteiger partial charge in [0.05, 0.1) is 5.56 Å². The molecule has 0 radical (unpaired) electrons. The number of ether oxygens (including phenoxy) is 1. The summed E-state index contributed by atoms with van der Waals surface area (Å²) in [6.45, 7) is 0. The largest absolute Gasteiger partial charge is 0.453 e. The van der Waals surface area contributed by atoms with E-state index in [0.717, 1.165) is 0 Å². The lowest BCUT2D eigenvalue weighted by atomic mass is 10.1. The van der Waals surface area contributed by atoms with Crippen LogP contribution in [0.4, 0.5) is 4.39 Å². The Kier molecular flexibility index (Phi) is 4.01. The Labute approximate surface area is 131 Å². The van der Waals surface area contributed by atoms with E-state index in [4.69, 9.17) is 9.15 Å². The minimum absolute atomic E-state index is 0.168. The van der Waals surface area contributed by atoms with Gasteiger partial charge < -0.3 is 9.15 Å². The summed E-state index contributed by atoms with van der Waals surface area (Å²) in [7, 11) is 0. The zero-order valence-electron chi connectivity index (χ0n) is 11.9. The highest BCUT2D eigenvalue weighted by atomic mass is 19.1. The van der Waals surface area contributed by atoms with E-state index in [1.807, 2.05) is 0 Å². The molecule has 0 N–H and O–H groups in total. The molecule has 0 aliphatic heterocycles. The first-order valence-electron chi connectivity index (χ1n) is 6.79. The predicted molar refractivity (Wildman–Crippen MR) is 80.9 cm³/mol. The molecule has 0 bridgehead atoms. The molecule has 2 aromatic carbocycles. The van der Waals surface area contributed by atoms with Gasteiger partial charge in [0.1, 0.15) is 17.3 Å². The molecule has 0 aliphatic rings. The number of halogens is 1. The zero-order valence-corrected chi connectivity index (χ0v) is 11.9. The number of hydrogen-bond donors (Lipinski definition) is 0. The molecule has 0 fully saturated rings. The quantitative estimate of drug-likeness (QED) is 0.413. The summed E-state index contributed by atoms with van der Waals surface area (Å²) < 4.78 is 23.5. The van der Waals surface area contributed by atoms with E-state index >= 15 is 0 Å². The first-order valence-corrected chi connectivity index (χ1v) is 6.79. The Bertz CT molecular complexity index is 849. The molecule has 0 spiro atoms. The van der Waals surface area contributed by atoms with Gasteiger partial charge in [-0.05, 0) is 42.5 Å². The van der Waals surface area contributed by atoms with E-state index in [1.54, 1.807) is 30.3 Å². The number of rotatable bonds is 4. The van der Waals surface area contributed by atoms with Gasteiger partial charge in [-0.25, -0.2) is 9.18 Å². The van der Waals surface area contributed by atoms with Crippen molar-refractivity contribution in [2.75, 3.05) is 0 Å². The van der Waals surface area contributed by atoms with Gasteiger partial charge in [0.15, 0.2) is 12.0 Å². The van der Waals surface area contributed by atoms with Crippen LogP contribution >= 0.6 is 0 Å². The van der Waals surface area contributed by atoms with Crippen LogP contribution in [0, 0.1) is 5.82 Å². The lowest BCUT2D eigenvalue weighted by molar-refractivity contribution is 0.0735. The van der Waals surface area contributed by atoms with Crippen LogP contribution in [0.15, 0.2) is 65.1 Å². The van der Waals surface area contributed by atoms with Gasteiger partial charge in [0, 0.05) is 5.56 Å². The number of carbonyl (C=O) groups excluding carboxylic acids is 2. The summed E-state index contributed by atoms with van der Waals surface area (Å²) in [6, 6.07) is 15.0. The van der Waals surface area contributed by atoms with Gasteiger partial charge in [-0.1, -0.05) is 18.2 Å². The highest BCUT2D eigenvalue weighted by Gasteiger charge is 2.17. The molecular formula is C18H11FO4. The lowest BCUT2D eigenvalue weighted by Gasteiger charge is -2.07. The number of carbonyl (C=O) groups is 2. The van der Waals surface area contributed by atoms with E-state index < -0.39 is 11.8 Å². The topological polar surface area (TPSA) is 56.5 Å². The van der Waals surface area contributed by atoms with E-state index in [2.05, 4.69) is 0 Å². The number of hydrogen-bond acceptors (Lipinski definition) is 4. The summed E-state index contributed by atoms with van der Waals surface area (Å²) in [6.07, 6.45) is 0.586. The van der Waals surface area contributed by atoms with Crippen molar-refractivity contribution in [1.29, 1.82) is 0 Å². The van der Waals surface area contributed by atoms with Crippen LogP contribution in [0.25, 0.3) is 11.3 Å². The minimum Gasteiger partial charge on any atom is -0.453 e. The smallest absolute Gasteiger partial charge is 0.344 e. The van der Waals surface area contributed by atoms with Crippen molar-refractivity contribution in [2.24, 2.45) is 0 Å². The average Bonchev–Trinajstić information content (AvgIpc) is 3.06. The second-order valence-corrected chi connectivity index (χ2v) is 4.71. The monoisotopic (exact) mass is 310 g/mol. The van der Waals surface area contributed by atoms with Gasteiger partial charge in [0.2, 0.25) is 0 Å². The average molecular weight is 310 g/mol. The number of furan rings is 1. The molecule has 4 nitrogen and oxygen atoms in total. The second-order valence-electron chi connectivity index (χ2n) is 4.71. The fraction of sp³-hybridized carbons (Fsp3) is 0. The predicted octanol–water partition coefficient (Wildman–Crippen LogP) is 4.12. The van der Waals surface area contributed by atoms with Gasteiger partial charge in [-0.15, -0.1) is 0 Å². The van der Waals surface area contributed by atoms with E-state index in [0.29, 0.717) is 17.6 Å². The summed E-state index contributed by atoms with van der Waals surface area (Å²) in [5.74, 6) is -0.224. The molecular weight excluding hydrogens is 299 g/mol. The summed E-state index contributed by atoms with van der Waals surface area (Å²) >= 11 is 0. The fourth-order valence-corrected chi connectivity index (χ4v) is 2.10. The van der Waals surface area contributed by atoms with Crippen LogP contribution in [0.5, 0.6) is 5.75 Å². The standard InChI is InChI=1S/C18H11FO4/c19-12-5-7-13(8-6-12)23-18(21)16-4-2-1-3-15(16)17-10-9-14(11-20)22-17/h1-11H. The minimum atomic E-state index is -0.601. The van der Waals surface area contributed by atoms with Crippen molar-refractivity contribution in [3.63, 3.8) is 0 Å². The highest BCUT2D eigenvalue weighted by Crippen LogP contribution is 2.26. The zero-order chi connectivity index (χ0) is 16.2. The number of benzene rings is 2. The Morgan fingerprint density at radius 1 is 1.00 bits per heavy atom. The third-order valence-corrected chi connectivity index (χ3v) is 3.18. The third kappa shape index (κ3) is 3.18. The normalized spacial score (nSPS) is 10.3. The van der Waals surface area contributed by atoms with Crippen LogP contribution in [0.2, 0.25) is 0 Å². The van der Waals surface area contributed by atoms with Gasteiger partial charge in [-0.2, -0.15) is 0 Å². The molecule has 5 heteroatoms. The number of esters is 1. The van der Waals surface area contributed by atoms with Crippen molar-refractivity contribution in [3.8, 4) is 17.1 Å². The summed E-state index contributed by atoms with van der Waals surface area (Å²) in [5, 5.41) is 0. The van der Waals surface area contributed by atoms with Crippen molar-refractivity contribution < 1.29 is 23.1 Å². The van der Waals surface area contributed by atoms with Crippen LogP contribution in [0.3, 0.4) is 0 Å². The molecule has 23 heavy (non-hydrogen) atoms. The van der Waals surface area contributed by atoms with Crippen molar-refractivity contribution in [2.45, 2.75) is 0 Å². The Morgan fingerprint density at radius 2 is 1.74 bits per heavy atom. The Hall–Kier alpha value is -3.21. The summed E-state index contributed by atoms with van der Waals surface area (Å²) in [5.41, 5.74) is 0.788. The maximum Gasteiger partial charge on any atom is 0.344 e. The Balaban J connectivity index is 1.91. The van der Waals surface area contributed by atoms with Crippen LogP contribution in [-0.4, -0.2) is 12.3 Å². The maximum absolute atomic E-state index is 12.9. The van der Waals surface area contributed by atoms with E-state index in [9.17, 15) is 14.0 Å². The number of aldehydes is 1. The second kappa shape index (κ2) is 6.27. The maximum atomic E-state index is 12.9. The Morgan fingerprint density at radius 3 is 2.43 bits per heavy atom. The summed E-state index contributed by atoms with van der Waals surface area (Å²) in [4.78, 5) is 23.1. The fourth-order valence-electron chi connectivity index (χ4n) is 2.10. The molecule has 0 atom stereocenters. The third-order valence-electron chi connectivity index (χ3n) is 3.18. The molecule has 1 heterocycles. The van der Waals surface area contributed by atoms with Gasteiger partial charge >= 0.3 is 5.97 Å². The molecule has 3 aromatic rings. The van der Waals surface area contributed by atoms with Crippen molar-refractivity contribution >= 4 is 12.3 Å². The molecule has 0 aliphatic carbocycles. The molecule has 0 saturated heterocycles. The van der Waals surface area contributed by atoms with Crippen LogP contribution in [-0.2, 0) is 0 Å². The first-order chi connectivity index (χ1) is 11.2. The molecule has 1 aromatic heterocycles. The molecule has 114 valence electrons. The van der Waals surface area contributed by atoms with Crippen molar-refractivity contribution in [3.05, 3.63) is 77.8 Å². The molecule has 0 saturated carbocycles. The van der Waals surface area contributed by atoms with E-state index in [-0.39, 0.29) is 17.1 Å². The van der Waals surface area contributed by atoms with Gasteiger partial charge in [-0.3, -0.25) is 4.79 Å². The SMILES string of the molecule is O=Cc1ccc(-c2ccccc2C(=O)Oc2ccc(F)cc2)o1. The highest BCUT2D eigenvalue weighted by molar-refractivity contribution is 5.97. The van der Waals surface area contributed by atoms with Crippen LogP contribution < -0.4 is 4.74 Å². The first kappa shape index (κ1) is 14.7. The van der Waals surface area contributed by atoms with E-state index in [1.165, 1.54) is 30.3 Å². The molecule has 0 amide bonds. The molecule has 0 unspecified atom stereocenters. The van der Waals surface area contributed by atoms with Crippen molar-refractivity contribution in [1.82, 2.24) is 0 Å². The van der Waals surface area contributed by atoms with Crippen LogP contribution in [0.1, 0.15) is 20.9 Å². The molecule has 3 rings (SSSR count). The lowest BCUT2D eigenvalue weighted by Crippen LogP contribution is -2.09.